The maximum Gasteiger partial charge on any atom is 0.170 e. The van der Waals surface area contributed by atoms with Crippen molar-refractivity contribution in [2.75, 3.05) is 5.73 Å². The average Bonchev–Trinajstić information content (AvgIpc) is 2.31. The Kier molecular flexibility index (Phi) is 3.01. The van der Waals surface area contributed by atoms with Crippen molar-refractivity contribution in [3.63, 3.8) is 0 Å². The highest BCUT2D eigenvalue weighted by Gasteiger charge is 2.18. The van der Waals surface area contributed by atoms with Gasteiger partial charge in [0.05, 0.1) is 11.3 Å². The van der Waals surface area contributed by atoms with Gasteiger partial charge >= 0.3 is 0 Å². The second-order valence-electron chi connectivity index (χ2n) is 3.51. The number of halogens is 3. The predicted octanol–water partition coefficient (Wildman–Crippen LogP) is 2.56. The van der Waals surface area contributed by atoms with Crippen LogP contribution in [0.2, 0.25) is 0 Å². The van der Waals surface area contributed by atoms with E-state index >= 15 is 0 Å². The molecule has 18 heavy (non-hydrogen) atoms. The van der Waals surface area contributed by atoms with Crippen LogP contribution < -0.4 is 5.73 Å². The standard InChI is InChI=1S/C12H7F3N2O/c13-6-2-1-3-7(14)11(6)12-8(15)4-9(16)10(5-18)17-12/h1-5H,16H2. The highest BCUT2D eigenvalue weighted by molar-refractivity contribution is 5.82. The highest BCUT2D eigenvalue weighted by Crippen LogP contribution is 2.28. The number of carbonyl (C=O) groups excluding carboxylic acids is 1. The van der Waals surface area contributed by atoms with Crippen LogP contribution in [0.4, 0.5) is 18.9 Å². The molecule has 0 bridgehead atoms. The SMILES string of the molecule is Nc1cc(F)c(-c2c(F)cccc2F)nc1C=O. The Morgan fingerprint density at radius 1 is 1.11 bits per heavy atom. The number of hydrogen-bond acceptors (Lipinski definition) is 3. The molecule has 0 atom stereocenters. The quantitative estimate of drug-likeness (QED) is 0.835. The Balaban J connectivity index is 2.75. The van der Waals surface area contributed by atoms with Gasteiger partial charge in [0, 0.05) is 6.07 Å². The minimum absolute atomic E-state index is 0.192. The molecule has 0 aliphatic rings. The Labute approximate surface area is 100 Å². The molecule has 0 amide bonds. The van der Waals surface area contributed by atoms with Crippen LogP contribution in [0.3, 0.4) is 0 Å². The molecule has 0 saturated carbocycles. The zero-order valence-electron chi connectivity index (χ0n) is 8.95. The third-order valence-electron chi connectivity index (χ3n) is 2.35. The summed E-state index contributed by atoms with van der Waals surface area (Å²) in [7, 11) is 0. The first-order valence-electron chi connectivity index (χ1n) is 4.90. The number of aromatic nitrogens is 1. The Hall–Kier alpha value is -2.37. The van der Waals surface area contributed by atoms with Crippen molar-refractivity contribution in [1.82, 2.24) is 4.98 Å². The van der Waals surface area contributed by atoms with Gasteiger partial charge in [-0.05, 0) is 12.1 Å². The molecular formula is C12H7F3N2O. The molecule has 3 nitrogen and oxygen atoms in total. The monoisotopic (exact) mass is 252 g/mol. The summed E-state index contributed by atoms with van der Waals surface area (Å²) in [5.74, 6) is -2.94. The summed E-state index contributed by atoms with van der Waals surface area (Å²) >= 11 is 0. The molecule has 1 aromatic carbocycles. The summed E-state index contributed by atoms with van der Waals surface area (Å²) in [6.07, 6.45) is 0.289. The van der Waals surface area contributed by atoms with Gasteiger partial charge in [0.25, 0.3) is 0 Å². The molecule has 1 heterocycles. The summed E-state index contributed by atoms with van der Waals surface area (Å²) in [6.45, 7) is 0. The van der Waals surface area contributed by atoms with Crippen molar-refractivity contribution in [2.24, 2.45) is 0 Å². The van der Waals surface area contributed by atoms with E-state index in [-0.39, 0.29) is 17.7 Å². The average molecular weight is 252 g/mol. The number of nitrogen functional groups attached to an aromatic ring is 1. The number of carbonyl (C=O) groups is 1. The Morgan fingerprint density at radius 2 is 1.72 bits per heavy atom. The van der Waals surface area contributed by atoms with Crippen molar-refractivity contribution in [3.8, 4) is 11.3 Å². The number of benzene rings is 1. The summed E-state index contributed by atoms with van der Waals surface area (Å²) < 4.78 is 40.6. The molecule has 6 heteroatoms. The molecule has 0 saturated heterocycles. The topological polar surface area (TPSA) is 56.0 Å². The number of pyridine rings is 1. The van der Waals surface area contributed by atoms with Gasteiger partial charge in [0.15, 0.2) is 12.1 Å². The van der Waals surface area contributed by atoms with E-state index in [4.69, 9.17) is 5.73 Å². The zero-order valence-corrected chi connectivity index (χ0v) is 8.95. The smallest absolute Gasteiger partial charge is 0.170 e. The number of rotatable bonds is 2. The fourth-order valence-corrected chi connectivity index (χ4v) is 1.51. The molecule has 0 spiro atoms. The maximum atomic E-state index is 13.6. The first kappa shape index (κ1) is 12.1. The summed E-state index contributed by atoms with van der Waals surface area (Å²) in [6, 6.07) is 3.88. The van der Waals surface area contributed by atoms with E-state index in [0.717, 1.165) is 24.3 Å². The van der Waals surface area contributed by atoms with E-state index in [1.165, 1.54) is 0 Å². The number of anilines is 1. The normalized spacial score (nSPS) is 10.4. The first-order chi connectivity index (χ1) is 8.54. The van der Waals surface area contributed by atoms with Crippen molar-refractivity contribution >= 4 is 12.0 Å². The predicted molar refractivity (Wildman–Crippen MR) is 59.3 cm³/mol. The van der Waals surface area contributed by atoms with Gasteiger partial charge < -0.3 is 5.73 Å². The number of hydrogen-bond donors (Lipinski definition) is 1. The fourth-order valence-electron chi connectivity index (χ4n) is 1.51. The Bertz CT molecular complexity index is 609. The lowest BCUT2D eigenvalue weighted by molar-refractivity contribution is 0.112. The molecule has 0 radical (unpaired) electrons. The minimum atomic E-state index is -0.998. The van der Waals surface area contributed by atoms with Crippen LogP contribution in [0.5, 0.6) is 0 Å². The van der Waals surface area contributed by atoms with Crippen LogP contribution in [0.25, 0.3) is 11.3 Å². The van der Waals surface area contributed by atoms with Crippen molar-refractivity contribution in [3.05, 3.63) is 47.4 Å². The van der Waals surface area contributed by atoms with Crippen LogP contribution in [0, 0.1) is 17.5 Å². The van der Waals surface area contributed by atoms with Gasteiger partial charge in [0.1, 0.15) is 23.0 Å². The number of nitrogens with zero attached hydrogens (tertiary/aromatic N) is 1. The number of nitrogens with two attached hydrogens (primary N) is 1. The minimum Gasteiger partial charge on any atom is -0.397 e. The fraction of sp³-hybridized carbons (Fsp3) is 0. The molecule has 92 valence electrons. The van der Waals surface area contributed by atoms with Gasteiger partial charge in [-0.2, -0.15) is 0 Å². The lowest BCUT2D eigenvalue weighted by atomic mass is 10.1. The Morgan fingerprint density at radius 3 is 2.28 bits per heavy atom. The molecule has 2 rings (SSSR count). The van der Waals surface area contributed by atoms with Crippen molar-refractivity contribution in [1.29, 1.82) is 0 Å². The van der Waals surface area contributed by atoms with Gasteiger partial charge in [-0.15, -0.1) is 0 Å². The van der Waals surface area contributed by atoms with E-state index < -0.39 is 28.7 Å². The summed E-state index contributed by atoms with van der Waals surface area (Å²) in [5, 5.41) is 0. The van der Waals surface area contributed by atoms with E-state index in [2.05, 4.69) is 4.98 Å². The maximum absolute atomic E-state index is 13.6. The van der Waals surface area contributed by atoms with E-state index in [0.29, 0.717) is 0 Å². The molecule has 0 aliphatic heterocycles. The second kappa shape index (κ2) is 4.48. The molecule has 2 N–H and O–H groups in total. The third-order valence-corrected chi connectivity index (χ3v) is 2.35. The highest BCUT2D eigenvalue weighted by atomic mass is 19.1. The van der Waals surface area contributed by atoms with Gasteiger partial charge in [-0.3, -0.25) is 4.79 Å². The molecule has 0 aliphatic carbocycles. The van der Waals surface area contributed by atoms with Crippen molar-refractivity contribution in [2.45, 2.75) is 0 Å². The molecule has 2 aromatic rings. The summed E-state index contributed by atoms with van der Waals surface area (Å²) in [4.78, 5) is 14.2. The van der Waals surface area contributed by atoms with Crippen LogP contribution >= 0.6 is 0 Å². The van der Waals surface area contributed by atoms with Crippen LogP contribution in [-0.2, 0) is 0 Å². The molecular weight excluding hydrogens is 245 g/mol. The molecule has 0 fully saturated rings. The van der Waals surface area contributed by atoms with Crippen LogP contribution in [0.1, 0.15) is 10.5 Å². The van der Waals surface area contributed by atoms with Crippen LogP contribution in [-0.4, -0.2) is 11.3 Å². The van der Waals surface area contributed by atoms with E-state index in [1.54, 1.807) is 0 Å². The van der Waals surface area contributed by atoms with Crippen molar-refractivity contribution < 1.29 is 18.0 Å². The summed E-state index contributed by atoms with van der Waals surface area (Å²) in [5.41, 5.74) is 3.66. The lowest BCUT2D eigenvalue weighted by Gasteiger charge is -2.07. The second-order valence-corrected chi connectivity index (χ2v) is 3.51. The van der Waals surface area contributed by atoms with Crippen LogP contribution in [0.15, 0.2) is 24.3 Å². The number of aldehydes is 1. The van der Waals surface area contributed by atoms with Gasteiger partial charge in [0.2, 0.25) is 0 Å². The van der Waals surface area contributed by atoms with Gasteiger partial charge in [-0.25, -0.2) is 18.2 Å². The third kappa shape index (κ3) is 1.92. The van der Waals surface area contributed by atoms with Gasteiger partial charge in [-0.1, -0.05) is 6.07 Å². The van der Waals surface area contributed by atoms with E-state index in [9.17, 15) is 18.0 Å². The molecule has 1 aromatic heterocycles. The lowest BCUT2D eigenvalue weighted by Crippen LogP contribution is -2.03. The zero-order chi connectivity index (χ0) is 13.3. The largest absolute Gasteiger partial charge is 0.397 e. The van der Waals surface area contributed by atoms with E-state index in [1.807, 2.05) is 0 Å². The first-order valence-corrected chi connectivity index (χ1v) is 4.90. The molecule has 0 unspecified atom stereocenters.